The number of carbonyl (C=O) groups is 5. The lowest BCUT2D eigenvalue weighted by Crippen LogP contribution is -2.52. The number of likely N-dealkylation sites (tertiary alicyclic amines) is 1. The summed E-state index contributed by atoms with van der Waals surface area (Å²) in [7, 11) is 0. The van der Waals surface area contributed by atoms with Crippen LogP contribution in [-0.4, -0.2) is 109 Å². The molecule has 3 aromatic carbocycles. The van der Waals surface area contributed by atoms with Crippen molar-refractivity contribution in [1.82, 2.24) is 25.3 Å². The first-order valence-corrected chi connectivity index (χ1v) is 22.6. The first kappa shape index (κ1) is 43.6. The van der Waals surface area contributed by atoms with E-state index in [1.54, 1.807) is 17.0 Å². The lowest BCUT2D eigenvalue weighted by atomic mass is 9.91. The van der Waals surface area contributed by atoms with Crippen LogP contribution in [0.5, 0.6) is 5.75 Å². The number of fused-ring (bicyclic) bond motifs is 1. The number of anilines is 1. The Kier molecular flexibility index (Phi) is 15.6. The van der Waals surface area contributed by atoms with Gasteiger partial charge < -0.3 is 24.8 Å². The molecule has 0 aliphatic carbocycles. The quantitative estimate of drug-likeness (QED) is 0.0802. The Balaban J connectivity index is 0.711. The van der Waals surface area contributed by atoms with E-state index in [1.165, 1.54) is 18.5 Å². The molecule has 4 heterocycles. The zero-order valence-corrected chi connectivity index (χ0v) is 35.5. The van der Waals surface area contributed by atoms with Gasteiger partial charge in [0.05, 0.1) is 13.2 Å². The molecule has 5 amide bonds. The predicted molar refractivity (Wildman–Crippen MR) is 237 cm³/mol. The van der Waals surface area contributed by atoms with Crippen LogP contribution in [0.2, 0.25) is 0 Å². The number of ether oxygens (including phenoxy) is 1. The molecule has 3 aromatic rings. The highest BCUT2D eigenvalue weighted by molar-refractivity contribution is 6.05. The number of hydrogen-bond acceptors (Lipinski definition) is 8. The topological polar surface area (TPSA) is 132 Å². The van der Waals surface area contributed by atoms with E-state index in [0.717, 1.165) is 114 Å². The van der Waals surface area contributed by atoms with Crippen molar-refractivity contribution in [3.63, 3.8) is 0 Å². The van der Waals surface area contributed by atoms with Crippen LogP contribution < -0.4 is 20.3 Å². The van der Waals surface area contributed by atoms with Gasteiger partial charge in [0.15, 0.2) is 0 Å². The summed E-state index contributed by atoms with van der Waals surface area (Å²) >= 11 is 0. The fraction of sp³-hybridized carbons (Fsp3) is 0.490. The fourth-order valence-electron chi connectivity index (χ4n) is 9.06. The molecule has 1 atom stereocenters. The smallest absolute Gasteiger partial charge is 0.255 e. The maximum Gasteiger partial charge on any atom is 0.255 e. The van der Waals surface area contributed by atoms with Crippen molar-refractivity contribution in [3.05, 3.63) is 101 Å². The second-order valence-corrected chi connectivity index (χ2v) is 16.9. The first-order chi connectivity index (χ1) is 29.8. The Morgan fingerprint density at radius 1 is 0.770 bits per heavy atom. The van der Waals surface area contributed by atoms with Crippen molar-refractivity contribution in [2.75, 3.05) is 63.9 Å². The maximum atomic E-state index is 13.3. The van der Waals surface area contributed by atoms with Gasteiger partial charge in [0.1, 0.15) is 11.8 Å². The molecular weight excluding hydrogens is 769 g/mol. The molecule has 4 aliphatic heterocycles. The molecule has 7 rings (SSSR count). The van der Waals surface area contributed by atoms with E-state index in [1.807, 2.05) is 65.6 Å². The SMILES string of the molecule is O=C(/C=C/c1ccccc1)NCCCCC1CCN(C(=O)c2ccc(N3CCN(CCCCCCCOc4cccc5c4CN(C4CCC(=O)NC4=O)C5=O)CC3)cc2)CC1. The summed E-state index contributed by atoms with van der Waals surface area (Å²) in [5.41, 5.74) is 4.36. The van der Waals surface area contributed by atoms with Crippen molar-refractivity contribution < 1.29 is 28.7 Å². The van der Waals surface area contributed by atoms with E-state index in [0.29, 0.717) is 43.3 Å². The summed E-state index contributed by atoms with van der Waals surface area (Å²) < 4.78 is 6.13. The van der Waals surface area contributed by atoms with Crippen molar-refractivity contribution in [2.45, 2.75) is 89.6 Å². The van der Waals surface area contributed by atoms with Crippen LogP contribution in [-0.2, 0) is 20.9 Å². The molecular formula is C49H62N6O6. The number of benzene rings is 3. The Morgan fingerprint density at radius 3 is 2.30 bits per heavy atom. The highest BCUT2D eigenvalue weighted by Crippen LogP contribution is 2.34. The molecule has 324 valence electrons. The number of nitrogens with zero attached hydrogens (tertiary/aromatic N) is 4. The van der Waals surface area contributed by atoms with E-state index in [9.17, 15) is 24.0 Å². The lowest BCUT2D eigenvalue weighted by Gasteiger charge is -2.36. The van der Waals surface area contributed by atoms with Gasteiger partial charge in [0.25, 0.3) is 11.8 Å². The van der Waals surface area contributed by atoms with Gasteiger partial charge in [-0.25, -0.2) is 0 Å². The monoisotopic (exact) mass is 830 g/mol. The Labute approximate surface area is 360 Å². The van der Waals surface area contributed by atoms with Gasteiger partial charge in [-0.1, -0.05) is 68.5 Å². The first-order valence-electron chi connectivity index (χ1n) is 22.6. The summed E-state index contributed by atoms with van der Waals surface area (Å²) in [6.45, 7) is 8.34. The highest BCUT2D eigenvalue weighted by atomic mass is 16.5. The molecule has 1 unspecified atom stereocenters. The van der Waals surface area contributed by atoms with Crippen LogP contribution in [0.1, 0.15) is 109 Å². The lowest BCUT2D eigenvalue weighted by molar-refractivity contribution is -0.137. The van der Waals surface area contributed by atoms with E-state index < -0.39 is 11.9 Å². The molecule has 0 radical (unpaired) electrons. The molecule has 0 spiro atoms. The van der Waals surface area contributed by atoms with Crippen molar-refractivity contribution in [2.24, 2.45) is 5.92 Å². The van der Waals surface area contributed by atoms with Crippen molar-refractivity contribution in [3.8, 4) is 5.75 Å². The average Bonchev–Trinajstić information content (AvgIpc) is 3.63. The van der Waals surface area contributed by atoms with Crippen LogP contribution in [0, 0.1) is 5.92 Å². The predicted octanol–water partition coefficient (Wildman–Crippen LogP) is 6.45. The van der Waals surface area contributed by atoms with Gasteiger partial charge in [-0.05, 0) is 99.0 Å². The summed E-state index contributed by atoms with van der Waals surface area (Å²) in [5, 5.41) is 5.34. The highest BCUT2D eigenvalue weighted by Gasteiger charge is 2.40. The summed E-state index contributed by atoms with van der Waals surface area (Å²) in [6, 6.07) is 22.9. The summed E-state index contributed by atoms with van der Waals surface area (Å²) in [4.78, 5) is 71.1. The normalized spacial score (nSPS) is 18.7. The van der Waals surface area contributed by atoms with E-state index >= 15 is 0 Å². The zero-order valence-electron chi connectivity index (χ0n) is 35.5. The van der Waals surface area contributed by atoms with Gasteiger partial charge in [-0.3, -0.25) is 34.2 Å². The maximum absolute atomic E-state index is 13.3. The molecule has 61 heavy (non-hydrogen) atoms. The molecule has 3 fully saturated rings. The zero-order chi connectivity index (χ0) is 42.4. The summed E-state index contributed by atoms with van der Waals surface area (Å²) in [5.74, 6) is 0.534. The molecule has 3 saturated heterocycles. The molecule has 12 nitrogen and oxygen atoms in total. The fourth-order valence-corrected chi connectivity index (χ4v) is 9.06. The van der Waals surface area contributed by atoms with Gasteiger partial charge in [0.2, 0.25) is 17.7 Å². The number of rotatable bonds is 19. The molecule has 2 N–H and O–H groups in total. The standard InChI is InChI=1S/C49H62N6O6/c56-45(23-17-37-12-5-4-6-13-37)50-27-8-7-14-38-25-29-54(30-26-38)48(59)39-18-20-40(21-19-39)53-33-31-52(32-34-53)28-9-2-1-3-10-35-61-44-16-11-15-41-42(44)36-55(49(41)60)43-22-24-46(57)51-47(43)58/h4-6,11-13,15-21,23,38,43H,1-3,7-10,14,22,24-36H2,(H,50,56)(H,51,57,58)/b23-17+. The van der Waals surface area contributed by atoms with Gasteiger partial charge in [-0.15, -0.1) is 0 Å². The Hall–Kier alpha value is -5.49. The average molecular weight is 831 g/mol. The molecule has 0 aromatic heterocycles. The number of piperazine rings is 1. The second-order valence-electron chi connectivity index (χ2n) is 16.9. The minimum Gasteiger partial charge on any atom is -0.493 e. The number of amides is 5. The number of hydrogen-bond donors (Lipinski definition) is 2. The Morgan fingerprint density at radius 2 is 1.52 bits per heavy atom. The second kappa shape index (κ2) is 21.9. The molecule has 0 saturated carbocycles. The molecule has 4 aliphatic rings. The third kappa shape index (κ3) is 12.1. The number of imide groups is 1. The van der Waals surface area contributed by atoms with E-state index in [4.69, 9.17) is 4.74 Å². The van der Waals surface area contributed by atoms with Crippen LogP contribution >= 0.6 is 0 Å². The minimum absolute atomic E-state index is 0.0543. The van der Waals surface area contributed by atoms with E-state index in [2.05, 4.69) is 32.6 Å². The van der Waals surface area contributed by atoms with E-state index in [-0.39, 0.29) is 30.0 Å². The van der Waals surface area contributed by atoms with Crippen LogP contribution in [0.4, 0.5) is 5.69 Å². The van der Waals surface area contributed by atoms with Crippen molar-refractivity contribution >= 4 is 41.3 Å². The molecule has 12 heteroatoms. The van der Waals surface area contributed by atoms with Gasteiger partial charge in [0, 0.05) is 80.7 Å². The van der Waals surface area contributed by atoms with Crippen LogP contribution in [0.25, 0.3) is 6.08 Å². The minimum atomic E-state index is -0.628. The number of piperidine rings is 2. The molecule has 0 bridgehead atoms. The van der Waals surface area contributed by atoms with Crippen LogP contribution in [0.3, 0.4) is 0 Å². The van der Waals surface area contributed by atoms with Gasteiger partial charge in [-0.2, -0.15) is 0 Å². The summed E-state index contributed by atoms with van der Waals surface area (Å²) in [6.07, 6.45) is 14.8. The van der Waals surface area contributed by atoms with Crippen LogP contribution in [0.15, 0.2) is 78.9 Å². The number of carbonyl (C=O) groups excluding carboxylic acids is 5. The Bertz CT molecular complexity index is 1990. The third-order valence-electron chi connectivity index (χ3n) is 12.7. The third-order valence-corrected chi connectivity index (χ3v) is 12.7. The van der Waals surface area contributed by atoms with Crippen molar-refractivity contribution in [1.29, 1.82) is 0 Å². The van der Waals surface area contributed by atoms with Gasteiger partial charge >= 0.3 is 0 Å². The largest absolute Gasteiger partial charge is 0.493 e. The number of nitrogens with one attached hydrogen (secondary N) is 2. The number of unbranched alkanes of at least 4 members (excludes halogenated alkanes) is 5.